The van der Waals surface area contributed by atoms with Crippen LogP contribution in [0.15, 0.2) is 31.9 Å². The highest BCUT2D eigenvalue weighted by Gasteiger charge is 2.11. The van der Waals surface area contributed by atoms with Crippen LogP contribution < -0.4 is 0 Å². The van der Waals surface area contributed by atoms with Crippen LogP contribution >= 0.6 is 31.9 Å². The topological polar surface area (TPSA) is 38.9 Å². The van der Waals surface area contributed by atoms with Gasteiger partial charge in [-0.3, -0.25) is 0 Å². The third kappa shape index (κ3) is 1.85. The molecule has 2 aromatic rings. The van der Waals surface area contributed by atoms with Crippen LogP contribution in [0.4, 0.5) is 4.39 Å². The molecule has 0 aliphatic carbocycles. The zero-order valence-corrected chi connectivity index (χ0v) is 9.84. The summed E-state index contributed by atoms with van der Waals surface area (Å²) in [5.74, 6) is -0.252. The second-order valence-electron chi connectivity index (χ2n) is 2.49. The molecule has 0 saturated carbocycles. The van der Waals surface area contributed by atoms with Crippen molar-refractivity contribution >= 4 is 31.9 Å². The van der Waals surface area contributed by atoms with Gasteiger partial charge < -0.3 is 4.52 Å². The minimum absolute atomic E-state index is 0.155. The molecule has 0 radical (unpaired) electrons. The van der Waals surface area contributed by atoms with E-state index in [4.69, 9.17) is 4.52 Å². The monoisotopic (exact) mass is 320 g/mol. The van der Waals surface area contributed by atoms with Crippen LogP contribution in [0.5, 0.6) is 0 Å². The predicted molar refractivity (Wildman–Crippen MR) is 55.1 cm³/mol. The normalized spacial score (nSPS) is 10.5. The lowest BCUT2D eigenvalue weighted by Crippen LogP contribution is -1.83. The molecule has 0 N–H and O–H groups in total. The van der Waals surface area contributed by atoms with Gasteiger partial charge in [-0.25, -0.2) is 4.39 Å². The van der Waals surface area contributed by atoms with E-state index in [-0.39, 0.29) is 11.5 Å². The van der Waals surface area contributed by atoms with Crippen molar-refractivity contribution in [2.75, 3.05) is 0 Å². The van der Waals surface area contributed by atoms with Crippen LogP contribution in [0, 0.1) is 5.82 Å². The molecular formula is C8H3Br2FN2O. The van der Waals surface area contributed by atoms with E-state index in [1.165, 1.54) is 6.07 Å². The van der Waals surface area contributed by atoms with E-state index in [0.717, 1.165) is 0 Å². The molecule has 0 spiro atoms. The summed E-state index contributed by atoms with van der Waals surface area (Å²) < 4.78 is 19.1. The number of hydrogen-bond donors (Lipinski definition) is 0. The fourth-order valence-corrected chi connectivity index (χ4v) is 1.54. The van der Waals surface area contributed by atoms with Crippen LogP contribution in [0.3, 0.4) is 0 Å². The molecule has 0 fully saturated rings. The Morgan fingerprint density at radius 2 is 2.07 bits per heavy atom. The largest absolute Gasteiger partial charge is 0.333 e. The first kappa shape index (κ1) is 9.79. The van der Waals surface area contributed by atoms with E-state index in [1.54, 1.807) is 12.1 Å². The van der Waals surface area contributed by atoms with Gasteiger partial charge in [0.25, 0.3) is 5.89 Å². The number of rotatable bonds is 1. The van der Waals surface area contributed by atoms with Crippen molar-refractivity contribution in [3.05, 3.63) is 33.2 Å². The highest BCUT2D eigenvalue weighted by atomic mass is 79.9. The van der Waals surface area contributed by atoms with Crippen molar-refractivity contribution in [2.45, 2.75) is 0 Å². The molecule has 1 aromatic carbocycles. The summed E-state index contributed by atoms with van der Waals surface area (Å²) in [7, 11) is 0. The number of halogens is 3. The molecular weight excluding hydrogens is 319 g/mol. The second kappa shape index (κ2) is 3.78. The van der Waals surface area contributed by atoms with Crippen molar-refractivity contribution in [3.63, 3.8) is 0 Å². The number of nitrogens with zero attached hydrogens (tertiary/aromatic N) is 2. The number of hydrogen-bond acceptors (Lipinski definition) is 3. The van der Waals surface area contributed by atoms with E-state index in [2.05, 4.69) is 42.0 Å². The van der Waals surface area contributed by atoms with E-state index in [9.17, 15) is 4.39 Å². The summed E-state index contributed by atoms with van der Waals surface area (Å²) in [6.07, 6.45) is 0. The quantitative estimate of drug-likeness (QED) is 0.808. The van der Waals surface area contributed by atoms with Crippen molar-refractivity contribution in [1.29, 1.82) is 0 Å². The Balaban J connectivity index is 2.52. The summed E-state index contributed by atoms with van der Waals surface area (Å²) >= 11 is 6.18. The van der Waals surface area contributed by atoms with Gasteiger partial charge in [-0.15, -0.1) is 0 Å². The summed E-state index contributed by atoms with van der Waals surface area (Å²) in [6, 6.07) is 4.61. The van der Waals surface area contributed by atoms with Crippen LogP contribution in [-0.2, 0) is 0 Å². The van der Waals surface area contributed by atoms with Gasteiger partial charge in [0.15, 0.2) is 0 Å². The first-order valence-electron chi connectivity index (χ1n) is 3.61. The predicted octanol–water partition coefficient (Wildman–Crippen LogP) is 3.40. The molecule has 0 bridgehead atoms. The summed E-state index contributed by atoms with van der Waals surface area (Å²) in [4.78, 5) is 3.86. The molecule has 0 aliphatic rings. The molecule has 3 nitrogen and oxygen atoms in total. The SMILES string of the molecule is Fc1cc(Br)ccc1-c1nc(Br)no1. The van der Waals surface area contributed by atoms with Gasteiger partial charge in [-0.05, 0) is 39.3 Å². The third-order valence-electron chi connectivity index (χ3n) is 1.56. The maximum Gasteiger partial charge on any atom is 0.261 e. The number of benzene rings is 1. The van der Waals surface area contributed by atoms with Gasteiger partial charge in [0.2, 0.25) is 4.73 Å². The van der Waals surface area contributed by atoms with Gasteiger partial charge in [-0.1, -0.05) is 15.9 Å². The van der Waals surface area contributed by atoms with Gasteiger partial charge in [0, 0.05) is 4.47 Å². The fraction of sp³-hybridized carbons (Fsp3) is 0. The molecule has 0 aliphatic heterocycles. The maximum absolute atomic E-state index is 13.4. The molecule has 0 atom stereocenters. The van der Waals surface area contributed by atoms with Gasteiger partial charge in [-0.2, -0.15) is 4.98 Å². The maximum atomic E-state index is 13.4. The number of aromatic nitrogens is 2. The highest BCUT2D eigenvalue weighted by molar-refractivity contribution is 9.10. The second-order valence-corrected chi connectivity index (χ2v) is 4.12. The zero-order valence-electron chi connectivity index (χ0n) is 6.67. The lowest BCUT2D eigenvalue weighted by molar-refractivity contribution is 0.424. The lowest BCUT2D eigenvalue weighted by atomic mass is 10.2. The fourth-order valence-electron chi connectivity index (χ4n) is 0.978. The Labute approximate surface area is 95.6 Å². The standard InChI is InChI=1S/C8H3Br2FN2O/c9-4-1-2-5(6(11)3-4)7-12-8(10)13-14-7/h1-3H. The van der Waals surface area contributed by atoms with E-state index in [0.29, 0.717) is 9.21 Å². The summed E-state index contributed by atoms with van der Waals surface area (Å²) in [6.45, 7) is 0. The van der Waals surface area contributed by atoms with Crippen molar-refractivity contribution in [3.8, 4) is 11.5 Å². The molecule has 0 unspecified atom stereocenters. The smallest absolute Gasteiger partial charge is 0.261 e. The van der Waals surface area contributed by atoms with E-state index >= 15 is 0 Å². The summed E-state index contributed by atoms with van der Waals surface area (Å²) in [5, 5.41) is 3.51. The average Bonchev–Trinajstić information content (AvgIpc) is 2.51. The Bertz CT molecular complexity index is 472. The van der Waals surface area contributed by atoms with E-state index < -0.39 is 5.82 Å². The average molecular weight is 322 g/mol. The Morgan fingerprint density at radius 3 is 2.64 bits per heavy atom. The van der Waals surface area contributed by atoms with Crippen LogP contribution in [0.25, 0.3) is 11.5 Å². The Hall–Kier alpha value is -0.750. The molecule has 14 heavy (non-hydrogen) atoms. The van der Waals surface area contributed by atoms with Crippen LogP contribution in [-0.4, -0.2) is 10.1 Å². The Kier molecular flexibility index (Phi) is 2.64. The summed E-state index contributed by atoms with van der Waals surface area (Å²) in [5.41, 5.74) is 0.284. The van der Waals surface area contributed by atoms with Crippen molar-refractivity contribution < 1.29 is 8.91 Å². The molecule has 1 heterocycles. The first-order chi connectivity index (χ1) is 6.66. The molecule has 0 saturated heterocycles. The van der Waals surface area contributed by atoms with Crippen LogP contribution in [0.1, 0.15) is 0 Å². The molecule has 6 heteroatoms. The molecule has 0 amide bonds. The van der Waals surface area contributed by atoms with Crippen LogP contribution in [0.2, 0.25) is 0 Å². The minimum atomic E-state index is -0.407. The van der Waals surface area contributed by atoms with Gasteiger partial charge in [0.05, 0.1) is 5.56 Å². The Morgan fingerprint density at radius 1 is 1.29 bits per heavy atom. The lowest BCUT2D eigenvalue weighted by Gasteiger charge is -1.96. The van der Waals surface area contributed by atoms with E-state index in [1.807, 2.05) is 0 Å². The molecule has 1 aromatic heterocycles. The molecule has 72 valence electrons. The third-order valence-corrected chi connectivity index (χ3v) is 2.38. The van der Waals surface area contributed by atoms with Crippen molar-refractivity contribution in [1.82, 2.24) is 10.1 Å². The highest BCUT2D eigenvalue weighted by Crippen LogP contribution is 2.24. The van der Waals surface area contributed by atoms with Gasteiger partial charge >= 0.3 is 0 Å². The minimum Gasteiger partial charge on any atom is -0.333 e. The molecule has 2 rings (SSSR count). The van der Waals surface area contributed by atoms with Gasteiger partial charge in [0.1, 0.15) is 5.82 Å². The van der Waals surface area contributed by atoms with Crippen molar-refractivity contribution in [2.24, 2.45) is 0 Å². The first-order valence-corrected chi connectivity index (χ1v) is 5.20. The zero-order chi connectivity index (χ0) is 10.1.